The van der Waals surface area contributed by atoms with Crippen molar-refractivity contribution in [3.8, 4) is 0 Å². The molecule has 1 aliphatic carbocycles. The Morgan fingerprint density at radius 1 is 1.14 bits per heavy atom. The molecule has 196 valence electrons. The number of piperidine rings is 1. The summed E-state index contributed by atoms with van der Waals surface area (Å²) in [6, 6.07) is 4.67. The number of nitrogens with zero attached hydrogens (tertiary/aromatic N) is 5. The molecule has 2 aromatic rings. The van der Waals surface area contributed by atoms with Crippen LogP contribution in [0.5, 0.6) is 0 Å². The first-order valence-corrected chi connectivity index (χ1v) is 14.3. The average Bonchev–Trinajstić information content (AvgIpc) is 3.63. The highest BCUT2D eigenvalue weighted by Crippen LogP contribution is 2.43. The standard InChI is InChI=1S/C26H38N6O3S/c1-16(2)25-29-28-17(3)31(25)21-14-19-8-9-20(15-21)30(19)13-12-22(23-10-11-24(36-23)32(34)35)27-26(33)18-6-4-5-7-18/h10-11,16,18-22H,4-9,12-15H2,1-3H3,(H,27,33)/t19-,20-,22-/m0/s1. The van der Waals surface area contributed by atoms with Crippen molar-refractivity contribution in [3.63, 3.8) is 0 Å². The van der Waals surface area contributed by atoms with E-state index in [1.807, 2.05) is 6.07 Å². The van der Waals surface area contributed by atoms with Crippen LogP contribution in [0.25, 0.3) is 0 Å². The van der Waals surface area contributed by atoms with E-state index in [1.165, 1.54) is 24.2 Å². The Bertz CT molecular complexity index is 1080. The second-order valence-corrected chi connectivity index (χ2v) is 12.2. The van der Waals surface area contributed by atoms with Crippen LogP contribution in [0.3, 0.4) is 0 Å². The van der Waals surface area contributed by atoms with Crippen molar-refractivity contribution in [1.29, 1.82) is 0 Å². The van der Waals surface area contributed by atoms with E-state index in [0.29, 0.717) is 24.0 Å². The van der Waals surface area contributed by atoms with Gasteiger partial charge in [0.15, 0.2) is 0 Å². The highest BCUT2D eigenvalue weighted by atomic mass is 32.1. The van der Waals surface area contributed by atoms with Crippen molar-refractivity contribution in [2.45, 2.75) is 109 Å². The fourth-order valence-electron chi connectivity index (χ4n) is 6.72. The molecule has 1 saturated carbocycles. The van der Waals surface area contributed by atoms with Crippen LogP contribution in [-0.2, 0) is 4.79 Å². The maximum Gasteiger partial charge on any atom is 0.324 e. The molecule has 0 spiro atoms. The van der Waals surface area contributed by atoms with E-state index in [4.69, 9.17) is 0 Å². The van der Waals surface area contributed by atoms with Crippen LogP contribution in [0.2, 0.25) is 0 Å². The highest BCUT2D eigenvalue weighted by Gasteiger charge is 2.42. The molecule has 9 nitrogen and oxygen atoms in total. The molecular weight excluding hydrogens is 476 g/mol. The first kappa shape index (κ1) is 25.3. The minimum absolute atomic E-state index is 0.0801. The smallest absolute Gasteiger partial charge is 0.324 e. The van der Waals surface area contributed by atoms with Gasteiger partial charge >= 0.3 is 5.00 Å². The Kier molecular flexibility index (Phi) is 7.44. The molecule has 2 aromatic heterocycles. The zero-order chi connectivity index (χ0) is 25.4. The molecule has 0 unspecified atom stereocenters. The van der Waals surface area contributed by atoms with E-state index in [2.05, 4.69) is 45.8 Å². The van der Waals surface area contributed by atoms with Crippen LogP contribution in [-0.4, -0.2) is 49.1 Å². The number of nitro groups is 1. The molecule has 10 heteroatoms. The van der Waals surface area contributed by atoms with Crippen LogP contribution in [0.4, 0.5) is 5.00 Å². The van der Waals surface area contributed by atoms with Crippen LogP contribution >= 0.6 is 11.3 Å². The summed E-state index contributed by atoms with van der Waals surface area (Å²) in [6.07, 6.45) is 9.47. The molecule has 0 aromatic carbocycles. The predicted octanol–water partition coefficient (Wildman–Crippen LogP) is 5.29. The van der Waals surface area contributed by atoms with E-state index < -0.39 is 0 Å². The second kappa shape index (κ2) is 10.6. The van der Waals surface area contributed by atoms with E-state index in [1.54, 1.807) is 6.07 Å². The fourth-order valence-corrected chi connectivity index (χ4v) is 7.63. The third kappa shape index (κ3) is 5.07. The zero-order valence-corrected chi connectivity index (χ0v) is 22.4. The molecule has 0 radical (unpaired) electrons. The number of hydrogen-bond acceptors (Lipinski definition) is 7. The van der Waals surface area contributed by atoms with Gasteiger partial charge in [-0.2, -0.15) is 0 Å². The lowest BCUT2D eigenvalue weighted by molar-refractivity contribution is -0.380. The third-order valence-corrected chi connectivity index (χ3v) is 9.64. The second-order valence-electron chi connectivity index (χ2n) is 11.1. The molecule has 4 heterocycles. The molecule has 1 N–H and O–H groups in total. The summed E-state index contributed by atoms with van der Waals surface area (Å²) in [5.41, 5.74) is 0. The maximum absolute atomic E-state index is 13.0. The predicted molar refractivity (Wildman–Crippen MR) is 139 cm³/mol. The first-order valence-electron chi connectivity index (χ1n) is 13.5. The largest absolute Gasteiger partial charge is 0.348 e. The molecule has 36 heavy (non-hydrogen) atoms. The molecule has 3 atom stereocenters. The van der Waals surface area contributed by atoms with Gasteiger partial charge in [0.25, 0.3) is 0 Å². The minimum atomic E-state index is -0.340. The van der Waals surface area contributed by atoms with Crippen molar-refractivity contribution in [2.75, 3.05) is 6.54 Å². The molecular formula is C26H38N6O3S. The van der Waals surface area contributed by atoms with Gasteiger partial charge in [-0.05, 0) is 57.9 Å². The van der Waals surface area contributed by atoms with Gasteiger partial charge < -0.3 is 9.88 Å². The van der Waals surface area contributed by atoms with Crippen molar-refractivity contribution >= 4 is 22.2 Å². The topological polar surface area (TPSA) is 106 Å². The van der Waals surface area contributed by atoms with E-state index >= 15 is 0 Å². The molecule has 2 aliphatic heterocycles. The summed E-state index contributed by atoms with van der Waals surface area (Å²) < 4.78 is 2.38. The van der Waals surface area contributed by atoms with Gasteiger partial charge in [-0.1, -0.05) is 38.0 Å². The van der Waals surface area contributed by atoms with Gasteiger partial charge in [0.2, 0.25) is 5.91 Å². The summed E-state index contributed by atoms with van der Waals surface area (Å²) in [7, 11) is 0. The van der Waals surface area contributed by atoms with Crippen molar-refractivity contribution in [2.24, 2.45) is 5.92 Å². The van der Waals surface area contributed by atoms with E-state index in [-0.39, 0.29) is 27.8 Å². The molecule has 2 saturated heterocycles. The van der Waals surface area contributed by atoms with E-state index in [0.717, 1.165) is 68.0 Å². The monoisotopic (exact) mass is 514 g/mol. The zero-order valence-electron chi connectivity index (χ0n) is 21.6. The minimum Gasteiger partial charge on any atom is -0.348 e. The summed E-state index contributed by atoms with van der Waals surface area (Å²) in [5.74, 6) is 2.63. The summed E-state index contributed by atoms with van der Waals surface area (Å²) in [4.78, 5) is 27.5. The summed E-state index contributed by atoms with van der Waals surface area (Å²) >= 11 is 1.19. The van der Waals surface area contributed by atoms with Gasteiger partial charge in [-0.15, -0.1) is 10.2 Å². The van der Waals surface area contributed by atoms with Gasteiger partial charge in [-0.25, -0.2) is 0 Å². The Morgan fingerprint density at radius 2 is 1.83 bits per heavy atom. The van der Waals surface area contributed by atoms with Crippen molar-refractivity contribution < 1.29 is 9.72 Å². The molecule has 3 aliphatic rings. The normalized spacial score (nSPS) is 25.5. The van der Waals surface area contributed by atoms with Gasteiger partial charge in [-0.3, -0.25) is 19.8 Å². The van der Waals surface area contributed by atoms with Gasteiger partial charge in [0.05, 0.1) is 11.0 Å². The fraction of sp³-hybridized carbons (Fsp3) is 0.731. The number of aryl methyl sites for hydroxylation is 1. The number of nitrogens with one attached hydrogen (secondary N) is 1. The first-order chi connectivity index (χ1) is 17.3. The number of amides is 1. The lowest BCUT2D eigenvalue weighted by Gasteiger charge is -2.40. The number of rotatable bonds is 9. The molecule has 2 bridgehead atoms. The van der Waals surface area contributed by atoms with Crippen LogP contribution in [0.1, 0.15) is 106 Å². The van der Waals surface area contributed by atoms with Crippen molar-refractivity contribution in [3.05, 3.63) is 38.8 Å². The number of hydrogen-bond donors (Lipinski definition) is 1. The summed E-state index contributed by atoms with van der Waals surface area (Å²) in [5, 5.41) is 23.6. The number of aromatic nitrogens is 3. The van der Waals surface area contributed by atoms with E-state index in [9.17, 15) is 14.9 Å². The summed E-state index contributed by atoms with van der Waals surface area (Å²) in [6.45, 7) is 7.31. The van der Waals surface area contributed by atoms with Crippen LogP contribution < -0.4 is 5.32 Å². The van der Waals surface area contributed by atoms with Gasteiger partial charge in [0, 0.05) is 47.4 Å². The lowest BCUT2D eigenvalue weighted by atomic mass is 9.95. The van der Waals surface area contributed by atoms with Crippen molar-refractivity contribution in [1.82, 2.24) is 25.0 Å². The van der Waals surface area contributed by atoms with Crippen LogP contribution in [0, 0.1) is 23.0 Å². The Morgan fingerprint density at radius 3 is 2.44 bits per heavy atom. The SMILES string of the molecule is Cc1nnc(C(C)C)n1C1C[C@@H]2CC[C@@H](C1)N2CC[C@H](NC(=O)C1CCCC1)c1ccc([N+](=O)[O-])s1. The van der Waals surface area contributed by atoms with Gasteiger partial charge in [0.1, 0.15) is 11.6 Å². The number of fused-ring (bicyclic) bond motifs is 2. The molecule has 3 fully saturated rings. The average molecular weight is 515 g/mol. The van der Waals surface area contributed by atoms with Crippen LogP contribution in [0.15, 0.2) is 12.1 Å². The molecule has 5 rings (SSSR count). The Labute approximate surface area is 216 Å². The maximum atomic E-state index is 13.0. The molecule has 1 amide bonds. The number of carbonyl (C=O) groups excluding carboxylic acids is 1. The number of thiophene rings is 1. The highest BCUT2D eigenvalue weighted by molar-refractivity contribution is 7.15. The Hall–Kier alpha value is -2.33. The quantitative estimate of drug-likeness (QED) is 0.360. The number of carbonyl (C=O) groups is 1. The Balaban J connectivity index is 1.28. The lowest BCUT2D eigenvalue weighted by Crippen LogP contribution is -2.45. The third-order valence-electron chi connectivity index (χ3n) is 8.49.